The van der Waals surface area contributed by atoms with E-state index in [1.54, 1.807) is 0 Å². The smallest absolute Gasteiger partial charge is 0.180 e. The molecule has 0 aromatic carbocycles. The van der Waals surface area contributed by atoms with Crippen LogP contribution in [0.1, 0.15) is 0 Å². The minimum absolute atomic E-state index is 0.555. The summed E-state index contributed by atoms with van der Waals surface area (Å²) in [6, 6.07) is 0. The van der Waals surface area contributed by atoms with Crippen LogP contribution in [0.2, 0.25) is 0 Å². The van der Waals surface area contributed by atoms with Crippen molar-refractivity contribution in [2.45, 2.75) is 0 Å². The van der Waals surface area contributed by atoms with Crippen LogP contribution in [0.3, 0.4) is 0 Å². The Morgan fingerprint density at radius 1 is 1.67 bits per heavy atom. The molecule has 1 heterocycles. The molecule has 0 saturated heterocycles. The van der Waals surface area contributed by atoms with Gasteiger partial charge in [-0.1, -0.05) is 27.7 Å². The molecule has 2 N–H and O–H groups in total. The predicted molar refractivity (Wildman–Crippen MR) is 45.3 cm³/mol. The summed E-state index contributed by atoms with van der Waals surface area (Å²) in [6.07, 6.45) is 0. The Balaban J connectivity index is 2.59. The Morgan fingerprint density at radius 2 is 2.44 bits per heavy atom. The van der Waals surface area contributed by atoms with Crippen LogP contribution in [0.4, 0.5) is 0 Å². The zero-order chi connectivity index (χ0) is 6.69. The van der Waals surface area contributed by atoms with E-state index in [1.807, 2.05) is 0 Å². The van der Waals surface area contributed by atoms with E-state index in [-0.39, 0.29) is 0 Å². The van der Waals surface area contributed by atoms with Crippen LogP contribution in [0.25, 0.3) is 0 Å². The lowest BCUT2D eigenvalue weighted by Crippen LogP contribution is -2.16. The summed E-state index contributed by atoms with van der Waals surface area (Å²) < 4.78 is 0. The molecule has 9 heavy (non-hydrogen) atoms. The Kier molecular flexibility index (Phi) is 2.53. The van der Waals surface area contributed by atoms with E-state index in [0.29, 0.717) is 5.17 Å². The van der Waals surface area contributed by atoms with E-state index < -0.39 is 0 Å². The van der Waals surface area contributed by atoms with Crippen molar-refractivity contribution in [3.8, 4) is 0 Å². The number of thioether (sulfide) groups is 1. The van der Waals surface area contributed by atoms with Crippen molar-refractivity contribution in [2.24, 2.45) is 15.9 Å². The Bertz CT molecular complexity index is 165. The number of halogens is 1. The number of nitrogens with two attached hydrogens (primary N) is 1. The fraction of sp³-hybridized carbons (Fsp3) is 0.500. The summed E-state index contributed by atoms with van der Waals surface area (Å²) in [5, 5.41) is 8.88. The van der Waals surface area contributed by atoms with Crippen molar-refractivity contribution < 1.29 is 0 Å². The zero-order valence-electron chi connectivity index (χ0n) is 4.67. The predicted octanol–water partition coefficient (Wildman–Crippen LogP) is 0.799. The lowest BCUT2D eigenvalue weighted by molar-refractivity contribution is 1.22. The molecule has 0 aromatic heterocycles. The van der Waals surface area contributed by atoms with E-state index in [4.69, 9.17) is 5.73 Å². The molecule has 1 rings (SSSR count). The average molecular weight is 208 g/mol. The number of amidine groups is 1. The molecule has 0 spiro atoms. The van der Waals surface area contributed by atoms with Gasteiger partial charge in [0, 0.05) is 11.1 Å². The van der Waals surface area contributed by atoms with E-state index in [2.05, 4.69) is 26.1 Å². The maximum absolute atomic E-state index is 5.34. The van der Waals surface area contributed by atoms with Gasteiger partial charge in [-0.3, -0.25) is 0 Å². The van der Waals surface area contributed by atoms with Crippen LogP contribution < -0.4 is 5.73 Å². The van der Waals surface area contributed by atoms with Gasteiger partial charge in [-0.2, -0.15) is 5.10 Å². The van der Waals surface area contributed by atoms with E-state index >= 15 is 0 Å². The summed E-state index contributed by atoms with van der Waals surface area (Å²) in [7, 11) is 0. The van der Waals surface area contributed by atoms with Crippen molar-refractivity contribution in [3.05, 3.63) is 0 Å². The maximum Gasteiger partial charge on any atom is 0.180 e. The summed E-state index contributed by atoms with van der Waals surface area (Å²) in [5.41, 5.74) is 6.38. The molecular formula is C4H6BrN3S. The Labute approximate surface area is 65.9 Å². The molecule has 5 heteroatoms. The van der Waals surface area contributed by atoms with Gasteiger partial charge in [-0.15, -0.1) is 5.10 Å². The third-order valence-corrected chi connectivity index (χ3v) is 2.33. The molecule has 0 amide bonds. The second-order valence-corrected chi connectivity index (χ2v) is 3.08. The average Bonchev–Trinajstić information content (AvgIpc) is 1.90. The molecule has 0 radical (unpaired) electrons. The number of hydrogen-bond acceptors (Lipinski definition) is 4. The molecule has 3 nitrogen and oxygen atoms in total. The van der Waals surface area contributed by atoms with Gasteiger partial charge in [-0.25, -0.2) is 0 Å². The van der Waals surface area contributed by atoms with Crippen LogP contribution in [0, 0.1) is 0 Å². The highest BCUT2D eigenvalue weighted by molar-refractivity contribution is 9.09. The first-order chi connectivity index (χ1) is 4.33. The lowest BCUT2D eigenvalue weighted by Gasteiger charge is -2.04. The molecule has 0 bridgehead atoms. The molecule has 1 aliphatic rings. The second kappa shape index (κ2) is 3.22. The van der Waals surface area contributed by atoms with Crippen LogP contribution in [0.5, 0.6) is 0 Å². The van der Waals surface area contributed by atoms with Gasteiger partial charge in [0.2, 0.25) is 0 Å². The van der Waals surface area contributed by atoms with E-state index in [0.717, 1.165) is 16.8 Å². The number of hydrogen-bond donors (Lipinski definition) is 1. The molecule has 0 unspecified atom stereocenters. The molecule has 0 saturated carbocycles. The summed E-state index contributed by atoms with van der Waals surface area (Å²) in [6.45, 7) is 0. The normalized spacial score (nSPS) is 18.8. The number of rotatable bonds is 1. The first kappa shape index (κ1) is 7.08. The van der Waals surface area contributed by atoms with Crippen molar-refractivity contribution in [2.75, 3.05) is 11.1 Å². The Hall–Kier alpha value is -0.0300. The highest BCUT2D eigenvalue weighted by Gasteiger charge is 2.04. The third-order valence-electron chi connectivity index (χ3n) is 0.831. The molecule has 0 atom stereocenters. The van der Waals surface area contributed by atoms with Gasteiger partial charge >= 0.3 is 0 Å². The number of nitrogens with zero attached hydrogens (tertiary/aromatic N) is 2. The highest BCUT2D eigenvalue weighted by Crippen LogP contribution is 2.07. The Morgan fingerprint density at radius 3 is 2.89 bits per heavy atom. The number of alkyl halides is 1. The minimum Gasteiger partial charge on any atom is -0.377 e. The van der Waals surface area contributed by atoms with Crippen molar-refractivity contribution in [1.29, 1.82) is 0 Å². The summed E-state index contributed by atoms with van der Waals surface area (Å²) >= 11 is 4.79. The van der Waals surface area contributed by atoms with E-state index in [9.17, 15) is 0 Å². The van der Waals surface area contributed by atoms with Gasteiger partial charge < -0.3 is 5.73 Å². The quantitative estimate of drug-likeness (QED) is 0.648. The fourth-order valence-corrected chi connectivity index (χ4v) is 1.55. The zero-order valence-corrected chi connectivity index (χ0v) is 7.07. The SMILES string of the molecule is NC1=NN=C(CBr)CS1. The molecular weight excluding hydrogens is 202 g/mol. The van der Waals surface area contributed by atoms with Gasteiger partial charge in [-0.05, 0) is 0 Å². The van der Waals surface area contributed by atoms with Crippen molar-refractivity contribution in [3.63, 3.8) is 0 Å². The standard InChI is InChI=1S/C4H6BrN3S/c5-1-3-2-9-4(6)8-7-3/h1-2H2,(H2,6,8). The molecule has 0 aromatic rings. The second-order valence-electron chi connectivity index (χ2n) is 1.53. The van der Waals surface area contributed by atoms with Gasteiger partial charge in [0.1, 0.15) is 0 Å². The first-order valence-electron chi connectivity index (χ1n) is 2.40. The van der Waals surface area contributed by atoms with Crippen LogP contribution >= 0.6 is 27.7 Å². The monoisotopic (exact) mass is 207 g/mol. The topological polar surface area (TPSA) is 50.7 Å². The summed E-state index contributed by atoms with van der Waals surface area (Å²) in [5.74, 6) is 0.862. The first-order valence-corrected chi connectivity index (χ1v) is 4.51. The van der Waals surface area contributed by atoms with Crippen molar-refractivity contribution >= 4 is 38.6 Å². The van der Waals surface area contributed by atoms with Crippen LogP contribution in [0.15, 0.2) is 10.2 Å². The minimum atomic E-state index is 0.555. The third kappa shape index (κ3) is 1.98. The molecule has 0 fully saturated rings. The lowest BCUT2D eigenvalue weighted by atomic mass is 10.5. The van der Waals surface area contributed by atoms with Gasteiger partial charge in [0.05, 0.1) is 5.71 Å². The molecule has 0 aliphatic carbocycles. The van der Waals surface area contributed by atoms with Crippen LogP contribution in [-0.4, -0.2) is 22.0 Å². The molecule has 1 aliphatic heterocycles. The van der Waals surface area contributed by atoms with E-state index in [1.165, 1.54) is 11.8 Å². The molecule has 50 valence electrons. The largest absolute Gasteiger partial charge is 0.377 e. The van der Waals surface area contributed by atoms with Gasteiger partial charge in [0.25, 0.3) is 0 Å². The highest BCUT2D eigenvalue weighted by atomic mass is 79.9. The van der Waals surface area contributed by atoms with Crippen LogP contribution in [-0.2, 0) is 0 Å². The fourth-order valence-electron chi connectivity index (χ4n) is 0.400. The maximum atomic E-state index is 5.34. The summed E-state index contributed by atoms with van der Waals surface area (Å²) in [4.78, 5) is 0. The van der Waals surface area contributed by atoms with Gasteiger partial charge in [0.15, 0.2) is 5.17 Å². The van der Waals surface area contributed by atoms with Crippen molar-refractivity contribution in [1.82, 2.24) is 0 Å².